The molecule has 11 nitrogen and oxygen atoms in total. The van der Waals surface area contributed by atoms with Gasteiger partial charge in [0.05, 0.1) is 43.6 Å². The molecule has 8 rings (SSSR count). The van der Waals surface area contributed by atoms with Crippen molar-refractivity contribution in [2.24, 2.45) is 12.5 Å². The maximum absolute atomic E-state index is 12.1. The summed E-state index contributed by atoms with van der Waals surface area (Å²) in [7, 11) is 6.93. The lowest BCUT2D eigenvalue weighted by molar-refractivity contribution is -0.154. The van der Waals surface area contributed by atoms with Gasteiger partial charge in [-0.25, -0.2) is 14.6 Å². The van der Waals surface area contributed by atoms with Crippen LogP contribution in [-0.2, 0) is 21.3 Å². The molecule has 1 spiro atoms. The highest BCUT2D eigenvalue weighted by molar-refractivity contribution is 6.08. The second-order valence-corrected chi connectivity index (χ2v) is 15.3. The van der Waals surface area contributed by atoms with Crippen LogP contribution in [0.2, 0.25) is 0 Å². The van der Waals surface area contributed by atoms with Crippen LogP contribution >= 0.6 is 0 Å². The zero-order valence-corrected chi connectivity index (χ0v) is 31.5. The van der Waals surface area contributed by atoms with Gasteiger partial charge in [-0.15, -0.1) is 0 Å². The number of fused-ring (bicyclic) bond motifs is 3. The summed E-state index contributed by atoms with van der Waals surface area (Å²) in [6.07, 6.45) is 14.9. The highest BCUT2D eigenvalue weighted by Crippen LogP contribution is 2.58. The average molecular weight is 733 g/mol. The molecule has 2 aromatic carbocycles. The number of carbonyl (C=O) groups excluding carboxylic acids is 2. The van der Waals surface area contributed by atoms with Gasteiger partial charge in [-0.3, -0.25) is 4.98 Å². The first-order valence-electron chi connectivity index (χ1n) is 19.0. The summed E-state index contributed by atoms with van der Waals surface area (Å²) in [5, 5.41) is 2.38. The van der Waals surface area contributed by atoms with E-state index in [0.29, 0.717) is 48.4 Å². The molecule has 0 unspecified atom stereocenters. The first-order valence-corrected chi connectivity index (χ1v) is 19.0. The van der Waals surface area contributed by atoms with Gasteiger partial charge in [0.25, 0.3) is 0 Å². The van der Waals surface area contributed by atoms with E-state index < -0.39 is 11.9 Å². The van der Waals surface area contributed by atoms with Gasteiger partial charge in [0.2, 0.25) is 5.88 Å². The van der Waals surface area contributed by atoms with Crippen molar-refractivity contribution in [1.29, 1.82) is 0 Å². The van der Waals surface area contributed by atoms with Crippen LogP contribution < -0.4 is 9.47 Å². The SMILES string of the molecule is COC(=O)c1ccc(OCCCCOC2CC3(C2)CC(N(C)[C@H]2C[C@H](Oc4ccc(-c5ccc6c7cnccc7n(C)c6c5)cn4)C2)C3)cc1C(=O)OC. The quantitative estimate of drug-likeness (QED) is 0.0846. The smallest absolute Gasteiger partial charge is 0.338 e. The molecule has 0 bridgehead atoms. The van der Waals surface area contributed by atoms with E-state index in [1.54, 1.807) is 6.07 Å². The molecule has 3 aromatic heterocycles. The van der Waals surface area contributed by atoms with E-state index in [0.717, 1.165) is 49.7 Å². The van der Waals surface area contributed by atoms with Crippen molar-refractivity contribution in [3.63, 3.8) is 0 Å². The van der Waals surface area contributed by atoms with Crippen LogP contribution in [0.5, 0.6) is 11.6 Å². The fraction of sp³-hybridized carbons (Fsp3) is 0.442. The maximum atomic E-state index is 12.1. The van der Waals surface area contributed by atoms with E-state index in [4.69, 9.17) is 23.7 Å². The summed E-state index contributed by atoms with van der Waals surface area (Å²) in [6.45, 7) is 1.20. The summed E-state index contributed by atoms with van der Waals surface area (Å²) in [6, 6.07) is 18.6. The maximum Gasteiger partial charge on any atom is 0.338 e. The van der Waals surface area contributed by atoms with Gasteiger partial charge in [-0.2, -0.15) is 0 Å². The molecular formula is C43H48N4O7. The number of benzene rings is 2. The van der Waals surface area contributed by atoms with Crippen LogP contribution in [0, 0.1) is 5.41 Å². The number of aryl methyl sites for hydroxylation is 1. The number of unbranched alkanes of at least 4 members (excludes halogenated alkanes) is 1. The standard InChI is InChI=1S/C43H48N4O7/c1-46(29-18-32(19-29)54-40-12-8-28(25-45-40)27-7-10-34-37-26-44-14-13-38(37)47(2)39(34)17-27)30-21-43(22-30)23-33(24-43)53-16-6-5-15-52-31-9-11-35(41(48)50-3)36(20-31)42(49)51-4/h7-14,17,20,25-26,29-30,32-33H,5-6,15-16,18-19,21-24H2,1-4H3/t29-,30?,32-,33?,43?. The van der Waals surface area contributed by atoms with Crippen molar-refractivity contribution in [2.45, 2.75) is 75.7 Å². The number of hydrogen-bond acceptors (Lipinski definition) is 10. The number of carbonyl (C=O) groups is 2. The van der Waals surface area contributed by atoms with Crippen molar-refractivity contribution in [2.75, 3.05) is 34.5 Å². The molecule has 0 saturated heterocycles. The van der Waals surface area contributed by atoms with Gasteiger partial charge in [0.15, 0.2) is 0 Å². The Kier molecular flexibility index (Phi) is 10.0. The predicted molar refractivity (Wildman–Crippen MR) is 205 cm³/mol. The number of rotatable bonds is 14. The molecule has 5 aromatic rings. The molecule has 0 atom stereocenters. The Morgan fingerprint density at radius 1 is 0.796 bits per heavy atom. The minimum atomic E-state index is -0.611. The summed E-state index contributed by atoms with van der Waals surface area (Å²) in [5.74, 6) is -0.00762. The number of hydrogen-bond donors (Lipinski definition) is 0. The second-order valence-electron chi connectivity index (χ2n) is 15.3. The zero-order chi connectivity index (χ0) is 37.4. The number of pyridine rings is 2. The van der Waals surface area contributed by atoms with E-state index in [-0.39, 0.29) is 17.2 Å². The summed E-state index contributed by atoms with van der Waals surface area (Å²) >= 11 is 0. The van der Waals surface area contributed by atoms with E-state index in [2.05, 4.69) is 63.9 Å². The third-order valence-electron chi connectivity index (χ3n) is 12.0. The molecule has 11 heteroatoms. The highest BCUT2D eigenvalue weighted by Gasteiger charge is 2.55. The predicted octanol–water partition coefficient (Wildman–Crippen LogP) is 7.39. The van der Waals surface area contributed by atoms with Crippen LogP contribution in [-0.4, -0.2) is 90.1 Å². The zero-order valence-electron chi connectivity index (χ0n) is 31.5. The Hall–Kier alpha value is -5.00. The Labute approximate surface area is 315 Å². The van der Waals surface area contributed by atoms with Crippen molar-refractivity contribution < 1.29 is 33.3 Å². The normalized spacial score (nSPS) is 23.1. The number of aromatic nitrogens is 3. The van der Waals surface area contributed by atoms with Gasteiger partial charge in [0, 0.05) is 85.1 Å². The topological polar surface area (TPSA) is 114 Å². The molecule has 282 valence electrons. The molecule has 3 heterocycles. The minimum absolute atomic E-state index is 0.125. The lowest BCUT2D eigenvalue weighted by Crippen LogP contribution is -2.61. The summed E-state index contributed by atoms with van der Waals surface area (Å²) < 4.78 is 30.1. The van der Waals surface area contributed by atoms with Crippen molar-refractivity contribution in [3.8, 4) is 22.8 Å². The molecular weight excluding hydrogens is 684 g/mol. The van der Waals surface area contributed by atoms with Crippen LogP contribution in [0.3, 0.4) is 0 Å². The number of nitrogens with zero attached hydrogens (tertiary/aromatic N) is 4. The first-order chi connectivity index (χ1) is 26.2. The van der Waals surface area contributed by atoms with Gasteiger partial charge in [-0.1, -0.05) is 12.1 Å². The fourth-order valence-electron chi connectivity index (χ4n) is 8.70. The van der Waals surface area contributed by atoms with Crippen molar-refractivity contribution >= 4 is 33.7 Å². The Morgan fingerprint density at radius 3 is 2.31 bits per heavy atom. The van der Waals surface area contributed by atoms with Gasteiger partial charge >= 0.3 is 11.9 Å². The van der Waals surface area contributed by atoms with Crippen molar-refractivity contribution in [3.05, 3.63) is 84.3 Å². The average Bonchev–Trinajstić information content (AvgIpc) is 3.44. The number of esters is 2. The largest absolute Gasteiger partial charge is 0.494 e. The Balaban J connectivity index is 0.712. The van der Waals surface area contributed by atoms with Crippen molar-refractivity contribution in [1.82, 2.24) is 19.4 Å². The molecule has 3 aliphatic rings. The third-order valence-corrected chi connectivity index (χ3v) is 12.0. The minimum Gasteiger partial charge on any atom is -0.494 e. The summed E-state index contributed by atoms with van der Waals surface area (Å²) in [5.41, 5.74) is 5.31. The first kappa shape index (κ1) is 36.0. The molecule has 3 aliphatic carbocycles. The van der Waals surface area contributed by atoms with E-state index >= 15 is 0 Å². The fourth-order valence-corrected chi connectivity index (χ4v) is 8.70. The number of methoxy groups -OCH3 is 2. The van der Waals surface area contributed by atoms with Crippen LogP contribution in [0.4, 0.5) is 0 Å². The lowest BCUT2D eigenvalue weighted by atomic mass is 9.52. The molecule has 3 fully saturated rings. The van der Waals surface area contributed by atoms with E-state index in [1.165, 1.54) is 61.0 Å². The second kappa shape index (κ2) is 15.0. The van der Waals surface area contributed by atoms with E-state index in [1.807, 2.05) is 24.7 Å². The molecule has 0 aliphatic heterocycles. The summed E-state index contributed by atoms with van der Waals surface area (Å²) in [4.78, 5) is 35.7. The van der Waals surface area contributed by atoms with Crippen LogP contribution in [0.1, 0.15) is 72.1 Å². The van der Waals surface area contributed by atoms with Gasteiger partial charge in [-0.05, 0) is 92.9 Å². The van der Waals surface area contributed by atoms with Gasteiger partial charge in [0.1, 0.15) is 11.9 Å². The van der Waals surface area contributed by atoms with Crippen LogP contribution in [0.25, 0.3) is 32.9 Å². The molecule has 0 amide bonds. The molecule has 0 N–H and O–H groups in total. The third kappa shape index (κ3) is 7.02. The van der Waals surface area contributed by atoms with Crippen LogP contribution in [0.15, 0.2) is 73.2 Å². The molecule has 3 saturated carbocycles. The Morgan fingerprint density at radius 2 is 1.56 bits per heavy atom. The number of ether oxygens (including phenoxy) is 5. The molecule has 0 radical (unpaired) electrons. The molecule has 54 heavy (non-hydrogen) atoms. The van der Waals surface area contributed by atoms with Gasteiger partial charge < -0.3 is 33.2 Å². The monoisotopic (exact) mass is 732 g/mol. The highest BCUT2D eigenvalue weighted by atomic mass is 16.5. The lowest BCUT2D eigenvalue weighted by Gasteiger charge is -2.61. The Bertz CT molecular complexity index is 2140. The van der Waals surface area contributed by atoms with E-state index in [9.17, 15) is 9.59 Å².